The zero-order chi connectivity index (χ0) is 16.1. The third-order valence-corrected chi connectivity index (χ3v) is 3.68. The molecule has 0 aromatic heterocycles. The number of urea groups is 1. The van der Waals surface area contributed by atoms with E-state index in [-0.39, 0.29) is 11.9 Å². The lowest BCUT2D eigenvalue weighted by Crippen LogP contribution is -2.33. The van der Waals surface area contributed by atoms with Gasteiger partial charge in [-0.3, -0.25) is 4.79 Å². The molecule has 1 aliphatic heterocycles. The van der Waals surface area contributed by atoms with E-state index in [1.54, 1.807) is 6.07 Å². The van der Waals surface area contributed by atoms with Crippen LogP contribution in [0.2, 0.25) is 0 Å². The molecule has 1 heterocycles. The summed E-state index contributed by atoms with van der Waals surface area (Å²) in [7, 11) is 0. The minimum atomic E-state index is -0.330. The number of amides is 3. The SMILES string of the molecule is C=C(C)CNC(=O)Nc1cccc(C)c1C(=O)N1CCCC1. The molecule has 118 valence electrons. The van der Waals surface area contributed by atoms with E-state index in [9.17, 15) is 9.59 Å². The first-order valence-corrected chi connectivity index (χ1v) is 7.57. The van der Waals surface area contributed by atoms with Gasteiger partial charge in [0.15, 0.2) is 0 Å². The molecule has 0 saturated carbocycles. The zero-order valence-corrected chi connectivity index (χ0v) is 13.2. The van der Waals surface area contributed by atoms with Crippen molar-refractivity contribution >= 4 is 17.6 Å². The van der Waals surface area contributed by atoms with Crippen LogP contribution < -0.4 is 10.6 Å². The zero-order valence-electron chi connectivity index (χ0n) is 13.2. The van der Waals surface area contributed by atoms with E-state index in [2.05, 4.69) is 17.2 Å². The maximum atomic E-state index is 12.7. The largest absolute Gasteiger partial charge is 0.339 e. The van der Waals surface area contributed by atoms with Gasteiger partial charge in [0.25, 0.3) is 5.91 Å². The topological polar surface area (TPSA) is 61.4 Å². The lowest BCUT2D eigenvalue weighted by molar-refractivity contribution is 0.0793. The van der Waals surface area contributed by atoms with Crippen molar-refractivity contribution < 1.29 is 9.59 Å². The van der Waals surface area contributed by atoms with Crippen molar-refractivity contribution in [2.45, 2.75) is 26.7 Å². The van der Waals surface area contributed by atoms with Gasteiger partial charge in [0.1, 0.15) is 0 Å². The summed E-state index contributed by atoms with van der Waals surface area (Å²) in [6.45, 7) is 9.46. The second-order valence-corrected chi connectivity index (χ2v) is 5.76. The van der Waals surface area contributed by atoms with Gasteiger partial charge in [0.2, 0.25) is 0 Å². The Kier molecular flexibility index (Phi) is 5.20. The molecular formula is C17H23N3O2. The Balaban J connectivity index is 2.17. The number of carbonyl (C=O) groups excluding carboxylic acids is 2. The number of nitrogens with zero attached hydrogens (tertiary/aromatic N) is 1. The first-order valence-electron chi connectivity index (χ1n) is 7.57. The number of carbonyl (C=O) groups is 2. The molecule has 5 nitrogen and oxygen atoms in total. The van der Waals surface area contributed by atoms with Crippen molar-refractivity contribution in [2.24, 2.45) is 0 Å². The molecular weight excluding hydrogens is 278 g/mol. The Labute approximate surface area is 131 Å². The Morgan fingerprint density at radius 3 is 2.59 bits per heavy atom. The second kappa shape index (κ2) is 7.11. The average Bonchev–Trinajstić information content (AvgIpc) is 2.99. The van der Waals surface area contributed by atoms with Crippen LogP contribution in [-0.2, 0) is 0 Å². The molecule has 5 heteroatoms. The van der Waals surface area contributed by atoms with Crippen molar-refractivity contribution in [2.75, 3.05) is 25.0 Å². The molecule has 1 fully saturated rings. The van der Waals surface area contributed by atoms with Gasteiger partial charge in [-0.2, -0.15) is 0 Å². The smallest absolute Gasteiger partial charge is 0.319 e. The summed E-state index contributed by atoms with van der Waals surface area (Å²) in [6.07, 6.45) is 2.08. The van der Waals surface area contributed by atoms with E-state index in [0.717, 1.165) is 37.1 Å². The van der Waals surface area contributed by atoms with Crippen LogP contribution in [0.5, 0.6) is 0 Å². The predicted molar refractivity (Wildman–Crippen MR) is 88.2 cm³/mol. The molecule has 2 N–H and O–H groups in total. The van der Waals surface area contributed by atoms with E-state index in [0.29, 0.717) is 17.8 Å². The van der Waals surface area contributed by atoms with Crippen LogP contribution in [0.4, 0.5) is 10.5 Å². The van der Waals surface area contributed by atoms with Crippen LogP contribution >= 0.6 is 0 Å². The van der Waals surface area contributed by atoms with Crippen LogP contribution in [-0.4, -0.2) is 36.5 Å². The lowest BCUT2D eigenvalue weighted by Gasteiger charge is -2.19. The maximum absolute atomic E-state index is 12.7. The Bertz CT molecular complexity index is 590. The molecule has 0 atom stereocenters. The molecule has 3 amide bonds. The molecule has 0 bridgehead atoms. The molecule has 1 aromatic carbocycles. The standard InChI is InChI=1S/C17H23N3O2/c1-12(2)11-18-17(22)19-14-8-6-7-13(3)15(14)16(21)20-9-4-5-10-20/h6-8H,1,4-5,9-11H2,2-3H3,(H2,18,19,22). The van der Waals surface area contributed by atoms with E-state index in [1.807, 2.05) is 30.9 Å². The maximum Gasteiger partial charge on any atom is 0.319 e. The van der Waals surface area contributed by atoms with E-state index in [1.165, 1.54) is 0 Å². The van der Waals surface area contributed by atoms with Gasteiger partial charge in [-0.25, -0.2) is 4.79 Å². The highest BCUT2D eigenvalue weighted by molar-refractivity contribution is 6.04. The van der Waals surface area contributed by atoms with Crippen LogP contribution in [0.3, 0.4) is 0 Å². The Morgan fingerprint density at radius 2 is 1.95 bits per heavy atom. The summed E-state index contributed by atoms with van der Waals surface area (Å²) in [4.78, 5) is 26.5. The molecule has 0 unspecified atom stereocenters. The molecule has 22 heavy (non-hydrogen) atoms. The Morgan fingerprint density at radius 1 is 1.27 bits per heavy atom. The van der Waals surface area contributed by atoms with Crippen molar-refractivity contribution in [3.63, 3.8) is 0 Å². The van der Waals surface area contributed by atoms with Crippen molar-refractivity contribution in [3.05, 3.63) is 41.5 Å². The first kappa shape index (κ1) is 16.1. The quantitative estimate of drug-likeness (QED) is 0.840. The predicted octanol–water partition coefficient (Wildman–Crippen LogP) is 2.93. The summed E-state index contributed by atoms with van der Waals surface area (Å²) in [5.74, 6) is -0.00852. The number of aryl methyl sites for hydroxylation is 1. The van der Waals surface area contributed by atoms with E-state index >= 15 is 0 Å². The molecule has 1 aliphatic rings. The van der Waals surface area contributed by atoms with E-state index in [4.69, 9.17) is 0 Å². The number of rotatable bonds is 4. The third-order valence-electron chi connectivity index (χ3n) is 3.68. The highest BCUT2D eigenvalue weighted by atomic mass is 16.2. The molecule has 1 aromatic rings. The summed E-state index contributed by atoms with van der Waals surface area (Å²) >= 11 is 0. The molecule has 0 radical (unpaired) electrons. The van der Waals surface area contributed by atoms with Gasteiger partial charge in [-0.15, -0.1) is 0 Å². The highest BCUT2D eigenvalue weighted by Crippen LogP contribution is 2.23. The Hall–Kier alpha value is -2.30. The molecule has 0 aliphatic carbocycles. The minimum Gasteiger partial charge on any atom is -0.339 e. The molecule has 2 rings (SSSR count). The minimum absolute atomic E-state index is 0.00852. The first-order chi connectivity index (χ1) is 10.5. The van der Waals surface area contributed by atoms with Gasteiger partial charge in [-0.1, -0.05) is 24.3 Å². The number of likely N-dealkylation sites (tertiary alicyclic amines) is 1. The fraction of sp³-hybridized carbons (Fsp3) is 0.412. The number of nitrogens with one attached hydrogen (secondary N) is 2. The third kappa shape index (κ3) is 3.87. The second-order valence-electron chi connectivity index (χ2n) is 5.76. The van der Waals surface area contributed by atoms with Crippen LogP contribution in [0.25, 0.3) is 0 Å². The summed E-state index contributed by atoms with van der Waals surface area (Å²) in [6, 6.07) is 5.16. The van der Waals surface area contributed by atoms with Gasteiger partial charge < -0.3 is 15.5 Å². The van der Waals surface area contributed by atoms with Crippen molar-refractivity contribution in [1.82, 2.24) is 10.2 Å². The van der Waals surface area contributed by atoms with Crippen LogP contribution in [0.1, 0.15) is 35.7 Å². The number of hydrogen-bond acceptors (Lipinski definition) is 2. The van der Waals surface area contributed by atoms with Gasteiger partial charge >= 0.3 is 6.03 Å². The monoisotopic (exact) mass is 301 g/mol. The average molecular weight is 301 g/mol. The fourth-order valence-corrected chi connectivity index (χ4v) is 2.53. The van der Waals surface area contributed by atoms with Crippen molar-refractivity contribution in [1.29, 1.82) is 0 Å². The normalized spacial score (nSPS) is 13.8. The van der Waals surface area contributed by atoms with Gasteiger partial charge in [0, 0.05) is 19.6 Å². The number of benzene rings is 1. The number of anilines is 1. The summed E-state index contributed by atoms with van der Waals surface area (Å²) < 4.78 is 0. The van der Waals surface area contributed by atoms with Crippen LogP contribution in [0, 0.1) is 6.92 Å². The lowest BCUT2D eigenvalue weighted by atomic mass is 10.1. The fourth-order valence-electron chi connectivity index (χ4n) is 2.53. The summed E-state index contributed by atoms with van der Waals surface area (Å²) in [5.41, 5.74) is 2.87. The van der Waals surface area contributed by atoms with Gasteiger partial charge in [0.05, 0.1) is 11.3 Å². The highest BCUT2D eigenvalue weighted by Gasteiger charge is 2.23. The van der Waals surface area contributed by atoms with Crippen molar-refractivity contribution in [3.8, 4) is 0 Å². The molecule has 1 saturated heterocycles. The molecule has 0 spiro atoms. The van der Waals surface area contributed by atoms with E-state index < -0.39 is 0 Å². The van der Waals surface area contributed by atoms with Gasteiger partial charge in [-0.05, 0) is 38.3 Å². The summed E-state index contributed by atoms with van der Waals surface area (Å²) in [5, 5.41) is 5.48. The number of hydrogen-bond donors (Lipinski definition) is 2. The van der Waals surface area contributed by atoms with Crippen LogP contribution in [0.15, 0.2) is 30.4 Å².